The van der Waals surface area contributed by atoms with Crippen LogP contribution in [0.15, 0.2) is 54.1 Å². The van der Waals surface area contributed by atoms with Gasteiger partial charge in [0, 0.05) is 19.5 Å². The Morgan fingerprint density at radius 3 is 2.10 bits per heavy atom. The number of piperidine rings is 1. The fourth-order valence-electron chi connectivity index (χ4n) is 4.42. The highest BCUT2D eigenvalue weighted by molar-refractivity contribution is 5.94. The molecule has 29 heavy (non-hydrogen) atoms. The van der Waals surface area contributed by atoms with Crippen LogP contribution in [0.2, 0.25) is 0 Å². The predicted octanol–water partition coefficient (Wildman–Crippen LogP) is 5.41. The Hall–Kier alpha value is -2.65. The summed E-state index contributed by atoms with van der Waals surface area (Å²) in [5.41, 5.74) is 8.26. The fraction of sp³-hybridized carbons (Fsp3) is 0.346. The van der Waals surface area contributed by atoms with Crippen molar-refractivity contribution in [2.45, 2.75) is 32.6 Å². The van der Waals surface area contributed by atoms with Gasteiger partial charge in [0.05, 0.1) is 6.61 Å². The van der Waals surface area contributed by atoms with Gasteiger partial charge in [0.1, 0.15) is 0 Å². The predicted molar refractivity (Wildman–Crippen MR) is 119 cm³/mol. The van der Waals surface area contributed by atoms with Crippen LogP contribution in [0.1, 0.15) is 54.9 Å². The van der Waals surface area contributed by atoms with E-state index in [4.69, 9.17) is 4.74 Å². The fourth-order valence-corrected chi connectivity index (χ4v) is 4.42. The average molecular weight is 388 g/mol. The summed E-state index contributed by atoms with van der Waals surface area (Å²) in [6.45, 7) is 5.41. The Morgan fingerprint density at radius 1 is 0.931 bits per heavy atom. The van der Waals surface area contributed by atoms with Gasteiger partial charge in [-0.1, -0.05) is 66.3 Å². The summed E-state index contributed by atoms with van der Waals surface area (Å²) >= 11 is 0. The van der Waals surface area contributed by atoms with Gasteiger partial charge in [0.15, 0.2) is 0 Å². The van der Waals surface area contributed by atoms with Crippen molar-refractivity contribution in [3.63, 3.8) is 0 Å². The molecule has 0 aromatic heterocycles. The van der Waals surface area contributed by atoms with E-state index < -0.39 is 0 Å². The summed E-state index contributed by atoms with van der Waals surface area (Å²) in [6.07, 6.45) is 8.04. The maximum Gasteiger partial charge on any atom is 0.305 e. The molecule has 0 bridgehead atoms. The Kier molecular flexibility index (Phi) is 6.26. The maximum atomic E-state index is 11.6. The van der Waals surface area contributed by atoms with E-state index in [1.54, 1.807) is 5.57 Å². The maximum absolute atomic E-state index is 11.6. The van der Waals surface area contributed by atoms with Crippen LogP contribution in [0.5, 0.6) is 0 Å². The first-order chi connectivity index (χ1) is 14.3. The van der Waals surface area contributed by atoms with Gasteiger partial charge in [0.2, 0.25) is 0 Å². The van der Waals surface area contributed by atoms with E-state index in [0.29, 0.717) is 13.0 Å². The lowest BCUT2D eigenvalue weighted by atomic mass is 9.86. The highest BCUT2D eigenvalue weighted by Gasteiger charge is 2.22. The summed E-state index contributed by atoms with van der Waals surface area (Å²) in [5, 5.41) is 0. The molecule has 1 saturated heterocycles. The summed E-state index contributed by atoms with van der Waals surface area (Å²) in [6, 6.07) is 17.5. The number of esters is 1. The zero-order chi connectivity index (χ0) is 20.1. The van der Waals surface area contributed by atoms with E-state index in [2.05, 4.69) is 65.6 Å². The van der Waals surface area contributed by atoms with E-state index in [0.717, 1.165) is 38.9 Å². The van der Waals surface area contributed by atoms with Crippen LogP contribution in [-0.4, -0.2) is 37.1 Å². The number of likely N-dealkylation sites (tertiary alicyclic amines) is 1. The molecule has 0 radical (unpaired) electrons. The van der Waals surface area contributed by atoms with Gasteiger partial charge in [0.25, 0.3) is 0 Å². The van der Waals surface area contributed by atoms with Gasteiger partial charge in [-0.3, -0.25) is 4.79 Å². The number of rotatable bonds is 5. The third kappa shape index (κ3) is 4.51. The number of hydrogen-bond acceptors (Lipinski definition) is 3. The Morgan fingerprint density at radius 2 is 1.52 bits per heavy atom. The van der Waals surface area contributed by atoms with E-state index in [9.17, 15) is 4.79 Å². The van der Waals surface area contributed by atoms with Crippen molar-refractivity contribution in [3.8, 4) is 0 Å². The summed E-state index contributed by atoms with van der Waals surface area (Å²) in [7, 11) is 0. The molecule has 1 aliphatic heterocycles. The first-order valence-corrected chi connectivity index (χ1v) is 10.7. The Bertz CT molecular complexity index is 880. The number of benzene rings is 2. The van der Waals surface area contributed by atoms with Crippen molar-refractivity contribution in [3.05, 3.63) is 76.4 Å². The van der Waals surface area contributed by atoms with Crippen molar-refractivity contribution in [1.82, 2.24) is 4.90 Å². The molecule has 2 aromatic rings. The molecular weight excluding hydrogens is 358 g/mol. The van der Waals surface area contributed by atoms with Gasteiger partial charge < -0.3 is 9.64 Å². The quantitative estimate of drug-likeness (QED) is 0.548. The molecule has 3 nitrogen and oxygen atoms in total. The smallest absolute Gasteiger partial charge is 0.305 e. The summed E-state index contributed by atoms with van der Waals surface area (Å²) in [4.78, 5) is 14.0. The molecule has 1 aliphatic carbocycles. The van der Waals surface area contributed by atoms with Gasteiger partial charge in [-0.05, 0) is 60.6 Å². The lowest BCUT2D eigenvalue weighted by molar-refractivity contribution is -0.143. The van der Waals surface area contributed by atoms with Crippen LogP contribution >= 0.6 is 0 Å². The standard InChI is InChI=1S/C26H29NO2/c1-2-29-25(28)12-7-17-27-18-15-22(16-19-27)26-23-10-5-3-8-20(23)13-14-21-9-4-6-11-24(21)26/h3-6,8-11,13-14H,2,7,12,15-19H2,1H3. The highest BCUT2D eigenvalue weighted by atomic mass is 16.5. The van der Waals surface area contributed by atoms with Crippen molar-refractivity contribution in [2.24, 2.45) is 0 Å². The second-order valence-corrected chi connectivity index (χ2v) is 7.74. The number of carbonyl (C=O) groups excluding carboxylic acids is 1. The molecule has 3 heteroatoms. The molecule has 2 aromatic carbocycles. The lowest BCUT2D eigenvalue weighted by Crippen LogP contribution is -2.32. The molecule has 0 atom stereocenters. The van der Waals surface area contributed by atoms with Gasteiger partial charge in [-0.2, -0.15) is 0 Å². The van der Waals surface area contributed by atoms with Crippen molar-refractivity contribution >= 4 is 23.7 Å². The SMILES string of the molecule is CCOC(=O)CCCN1CCC(=C2c3ccccc3C=Cc3ccccc32)CC1. The third-order valence-corrected chi connectivity index (χ3v) is 5.88. The monoisotopic (exact) mass is 387 g/mol. The normalized spacial score (nSPS) is 16.2. The van der Waals surface area contributed by atoms with Crippen molar-refractivity contribution < 1.29 is 9.53 Å². The van der Waals surface area contributed by atoms with E-state index >= 15 is 0 Å². The average Bonchev–Trinajstić information content (AvgIpc) is 2.92. The number of ether oxygens (including phenoxy) is 1. The number of nitrogens with zero attached hydrogens (tertiary/aromatic N) is 1. The topological polar surface area (TPSA) is 29.5 Å². The van der Waals surface area contributed by atoms with Crippen molar-refractivity contribution in [1.29, 1.82) is 0 Å². The van der Waals surface area contributed by atoms with Gasteiger partial charge in [-0.15, -0.1) is 0 Å². The largest absolute Gasteiger partial charge is 0.466 e. The Labute approximate surface area is 173 Å². The number of hydrogen-bond donors (Lipinski definition) is 0. The lowest BCUT2D eigenvalue weighted by Gasteiger charge is -2.30. The zero-order valence-corrected chi connectivity index (χ0v) is 17.2. The molecule has 0 N–H and O–H groups in total. The second kappa shape index (κ2) is 9.23. The van der Waals surface area contributed by atoms with E-state index in [1.165, 1.54) is 27.8 Å². The van der Waals surface area contributed by atoms with Crippen LogP contribution in [0.3, 0.4) is 0 Å². The Balaban J connectivity index is 1.52. The molecule has 150 valence electrons. The minimum absolute atomic E-state index is 0.0773. The van der Waals surface area contributed by atoms with Gasteiger partial charge in [-0.25, -0.2) is 0 Å². The molecule has 0 amide bonds. The van der Waals surface area contributed by atoms with Crippen LogP contribution in [0, 0.1) is 0 Å². The molecule has 2 aliphatic rings. The molecule has 1 fully saturated rings. The minimum Gasteiger partial charge on any atom is -0.466 e. The third-order valence-electron chi connectivity index (χ3n) is 5.88. The number of carbonyl (C=O) groups is 1. The first kappa shape index (κ1) is 19.7. The zero-order valence-electron chi connectivity index (χ0n) is 17.2. The van der Waals surface area contributed by atoms with Crippen LogP contribution in [0.25, 0.3) is 17.7 Å². The molecule has 0 saturated carbocycles. The highest BCUT2D eigenvalue weighted by Crippen LogP contribution is 2.38. The molecular formula is C26H29NO2. The van der Waals surface area contributed by atoms with Crippen molar-refractivity contribution in [2.75, 3.05) is 26.2 Å². The van der Waals surface area contributed by atoms with E-state index in [1.807, 2.05) is 6.92 Å². The van der Waals surface area contributed by atoms with E-state index in [-0.39, 0.29) is 5.97 Å². The molecule has 0 spiro atoms. The number of fused-ring (bicyclic) bond motifs is 2. The minimum atomic E-state index is -0.0773. The van der Waals surface area contributed by atoms with Crippen LogP contribution in [0.4, 0.5) is 0 Å². The molecule has 0 unspecified atom stereocenters. The second-order valence-electron chi connectivity index (χ2n) is 7.74. The van der Waals surface area contributed by atoms with Crippen LogP contribution in [-0.2, 0) is 9.53 Å². The summed E-state index contributed by atoms with van der Waals surface area (Å²) in [5.74, 6) is -0.0773. The van der Waals surface area contributed by atoms with Gasteiger partial charge >= 0.3 is 5.97 Å². The first-order valence-electron chi connectivity index (χ1n) is 10.7. The summed E-state index contributed by atoms with van der Waals surface area (Å²) < 4.78 is 5.04. The molecule has 1 heterocycles. The molecule has 4 rings (SSSR count). The van der Waals surface area contributed by atoms with Crippen LogP contribution < -0.4 is 0 Å².